The molecule has 2 amide bonds. The molecule has 204 valence electrons. The number of para-hydroxylation sites is 3. The second kappa shape index (κ2) is 11.6. The molecule has 40 heavy (non-hydrogen) atoms. The lowest BCUT2D eigenvalue weighted by molar-refractivity contribution is -0.385. The molecule has 4 aromatic rings. The molecule has 0 atom stereocenters. The van der Waals surface area contributed by atoms with Crippen molar-refractivity contribution in [3.8, 4) is 11.4 Å². The number of thioether (sulfide) groups is 1. The van der Waals surface area contributed by atoms with Gasteiger partial charge in [-0.05, 0) is 43.2 Å². The van der Waals surface area contributed by atoms with Crippen molar-refractivity contribution < 1.29 is 19.2 Å². The topological polar surface area (TPSA) is 132 Å². The van der Waals surface area contributed by atoms with Crippen molar-refractivity contribution in [2.75, 3.05) is 24.3 Å². The van der Waals surface area contributed by atoms with Crippen LogP contribution >= 0.6 is 11.8 Å². The van der Waals surface area contributed by atoms with Gasteiger partial charge in [0.1, 0.15) is 5.75 Å². The average Bonchev–Trinajstić information content (AvgIpc) is 3.58. The fourth-order valence-electron chi connectivity index (χ4n) is 4.69. The molecule has 0 fully saturated rings. The highest BCUT2D eigenvalue weighted by molar-refractivity contribution is 7.99. The highest BCUT2D eigenvalue weighted by Gasteiger charge is 2.26. The van der Waals surface area contributed by atoms with E-state index in [0.29, 0.717) is 29.0 Å². The number of ether oxygens (including phenoxy) is 1. The summed E-state index contributed by atoms with van der Waals surface area (Å²) in [5.74, 6) is 0.586. The van der Waals surface area contributed by atoms with E-state index in [4.69, 9.17) is 4.74 Å². The quantitative estimate of drug-likeness (QED) is 0.184. The Hall–Kier alpha value is -4.71. The third-order valence-corrected chi connectivity index (χ3v) is 7.61. The Kier molecular flexibility index (Phi) is 7.78. The van der Waals surface area contributed by atoms with E-state index in [1.54, 1.807) is 22.6 Å². The molecule has 1 aliphatic heterocycles. The van der Waals surface area contributed by atoms with Gasteiger partial charge >= 0.3 is 0 Å². The second-order valence-electron chi connectivity index (χ2n) is 9.01. The number of aromatic nitrogens is 3. The van der Waals surface area contributed by atoms with Gasteiger partial charge in [0.15, 0.2) is 11.0 Å². The lowest BCUT2D eigenvalue weighted by atomic mass is 10.1. The summed E-state index contributed by atoms with van der Waals surface area (Å²) in [5, 5.41) is 23.2. The first-order chi connectivity index (χ1) is 19.4. The van der Waals surface area contributed by atoms with Gasteiger partial charge in [-0.25, -0.2) is 0 Å². The van der Waals surface area contributed by atoms with E-state index in [-0.39, 0.29) is 35.0 Å². The molecular formula is C28H26N6O5S. The van der Waals surface area contributed by atoms with Crippen molar-refractivity contribution in [3.05, 3.63) is 99.4 Å². The summed E-state index contributed by atoms with van der Waals surface area (Å²) >= 11 is 1.24. The number of nitro benzene ring substituents is 1. The van der Waals surface area contributed by atoms with Crippen molar-refractivity contribution in [3.63, 3.8) is 0 Å². The number of hydrogen-bond acceptors (Lipinski definition) is 8. The van der Waals surface area contributed by atoms with Crippen molar-refractivity contribution in [1.82, 2.24) is 20.1 Å². The van der Waals surface area contributed by atoms with Gasteiger partial charge in [0.2, 0.25) is 5.91 Å². The highest BCUT2D eigenvalue weighted by atomic mass is 32.2. The molecule has 3 aromatic carbocycles. The Morgan fingerprint density at radius 1 is 1.05 bits per heavy atom. The van der Waals surface area contributed by atoms with E-state index in [2.05, 4.69) is 15.5 Å². The summed E-state index contributed by atoms with van der Waals surface area (Å²) in [5.41, 5.74) is 3.06. The number of methoxy groups -OCH3 is 1. The van der Waals surface area contributed by atoms with E-state index < -0.39 is 10.8 Å². The molecule has 5 rings (SSSR count). The number of hydrogen-bond donors (Lipinski definition) is 1. The second-order valence-corrected chi connectivity index (χ2v) is 9.95. The van der Waals surface area contributed by atoms with Crippen LogP contribution in [0.5, 0.6) is 5.75 Å². The summed E-state index contributed by atoms with van der Waals surface area (Å²) in [7, 11) is 1.55. The minimum absolute atomic E-state index is 0.0139. The molecule has 0 saturated carbocycles. The number of nitrogens with zero attached hydrogens (tertiary/aromatic N) is 5. The maximum absolute atomic E-state index is 13.2. The molecule has 0 radical (unpaired) electrons. The van der Waals surface area contributed by atoms with E-state index >= 15 is 0 Å². The fraction of sp³-hybridized carbons (Fsp3) is 0.214. The molecule has 0 spiro atoms. The van der Waals surface area contributed by atoms with Crippen LogP contribution in [0.1, 0.15) is 27.3 Å². The van der Waals surface area contributed by atoms with E-state index in [1.165, 1.54) is 36.9 Å². The molecule has 12 heteroatoms. The Morgan fingerprint density at radius 3 is 2.58 bits per heavy atom. The molecular weight excluding hydrogens is 532 g/mol. The molecule has 2 heterocycles. The number of carbonyl (C=O) groups excluding carboxylic acids is 2. The number of nitrogens with one attached hydrogen (secondary N) is 1. The lowest BCUT2D eigenvalue weighted by Gasteiger charge is -2.17. The molecule has 0 bridgehead atoms. The van der Waals surface area contributed by atoms with Gasteiger partial charge in [-0.2, -0.15) is 0 Å². The van der Waals surface area contributed by atoms with Gasteiger partial charge in [0, 0.05) is 29.4 Å². The Labute approximate surface area is 234 Å². The number of amides is 2. The largest absolute Gasteiger partial charge is 0.495 e. The standard InChI is InChI=1S/C28H26N6O5S/c1-18-20(9-7-12-21(18)34(37)38)27(36)29-16-25-30-31-28(33(25)23-11-5-6-13-24(23)39-2)40-17-26(35)32-15-14-19-8-3-4-10-22(19)32/h3-13H,14-17H2,1-2H3,(H,29,36). The Morgan fingerprint density at radius 2 is 1.80 bits per heavy atom. The van der Waals surface area contributed by atoms with E-state index in [0.717, 1.165) is 17.7 Å². The predicted molar refractivity (Wildman–Crippen MR) is 150 cm³/mol. The van der Waals surface area contributed by atoms with Gasteiger partial charge < -0.3 is 15.0 Å². The van der Waals surface area contributed by atoms with Crippen LogP contribution in [-0.2, 0) is 17.8 Å². The molecule has 11 nitrogen and oxygen atoms in total. The third-order valence-electron chi connectivity index (χ3n) is 6.69. The zero-order valence-corrected chi connectivity index (χ0v) is 22.7. The number of carbonyl (C=O) groups is 2. The van der Waals surface area contributed by atoms with Crippen LogP contribution in [0.2, 0.25) is 0 Å². The summed E-state index contributed by atoms with van der Waals surface area (Å²) in [6.45, 7) is 2.15. The van der Waals surface area contributed by atoms with Crippen LogP contribution in [0, 0.1) is 17.0 Å². The first-order valence-electron chi connectivity index (χ1n) is 12.5. The maximum Gasteiger partial charge on any atom is 0.273 e. The van der Waals surface area contributed by atoms with Gasteiger partial charge in [0.25, 0.3) is 11.6 Å². The smallest absolute Gasteiger partial charge is 0.273 e. The van der Waals surface area contributed by atoms with Crippen LogP contribution in [0.3, 0.4) is 0 Å². The third kappa shape index (κ3) is 5.25. The SMILES string of the molecule is COc1ccccc1-n1c(CNC(=O)c2cccc([N+](=O)[O-])c2C)nnc1SCC(=O)N1CCc2ccccc21. The summed E-state index contributed by atoms with van der Waals surface area (Å²) < 4.78 is 7.30. The number of fused-ring (bicyclic) bond motifs is 1. The Balaban J connectivity index is 1.39. The first-order valence-corrected chi connectivity index (χ1v) is 13.5. The van der Waals surface area contributed by atoms with Gasteiger partial charge in [-0.3, -0.25) is 24.3 Å². The van der Waals surface area contributed by atoms with Crippen LogP contribution in [0.4, 0.5) is 11.4 Å². The molecule has 0 unspecified atom stereocenters. The van der Waals surface area contributed by atoms with Gasteiger partial charge in [0.05, 0.1) is 30.0 Å². The monoisotopic (exact) mass is 558 g/mol. The van der Waals surface area contributed by atoms with Crippen molar-refractivity contribution in [1.29, 1.82) is 0 Å². The van der Waals surface area contributed by atoms with E-state index in [1.807, 2.05) is 42.5 Å². The molecule has 0 aliphatic carbocycles. The van der Waals surface area contributed by atoms with Crippen LogP contribution in [-0.4, -0.2) is 50.9 Å². The lowest BCUT2D eigenvalue weighted by Crippen LogP contribution is -2.30. The predicted octanol–water partition coefficient (Wildman–Crippen LogP) is 4.10. The number of benzene rings is 3. The summed E-state index contributed by atoms with van der Waals surface area (Å²) in [6.07, 6.45) is 0.817. The normalized spacial score (nSPS) is 12.2. The molecule has 1 aromatic heterocycles. The number of nitro groups is 1. The first kappa shape index (κ1) is 26.9. The minimum atomic E-state index is -0.518. The van der Waals surface area contributed by atoms with Crippen molar-refractivity contribution >= 4 is 35.0 Å². The van der Waals surface area contributed by atoms with E-state index in [9.17, 15) is 19.7 Å². The Bertz CT molecular complexity index is 1600. The molecule has 1 N–H and O–H groups in total. The summed E-state index contributed by atoms with van der Waals surface area (Å²) in [4.78, 5) is 38.7. The summed E-state index contributed by atoms with van der Waals surface area (Å²) in [6, 6.07) is 19.5. The average molecular weight is 559 g/mol. The maximum atomic E-state index is 13.2. The van der Waals surface area contributed by atoms with Gasteiger partial charge in [-0.15, -0.1) is 10.2 Å². The van der Waals surface area contributed by atoms with Crippen LogP contribution in [0.15, 0.2) is 71.9 Å². The molecule has 0 saturated heterocycles. The van der Waals surface area contributed by atoms with Gasteiger partial charge in [-0.1, -0.05) is 48.2 Å². The minimum Gasteiger partial charge on any atom is -0.495 e. The fourth-order valence-corrected chi connectivity index (χ4v) is 5.53. The highest BCUT2D eigenvalue weighted by Crippen LogP contribution is 2.31. The zero-order chi connectivity index (χ0) is 28.2. The number of anilines is 1. The van der Waals surface area contributed by atoms with Crippen molar-refractivity contribution in [2.24, 2.45) is 0 Å². The number of rotatable bonds is 9. The van der Waals surface area contributed by atoms with Crippen molar-refractivity contribution in [2.45, 2.75) is 25.0 Å². The van der Waals surface area contributed by atoms with Crippen LogP contribution in [0.25, 0.3) is 5.69 Å². The molecule has 1 aliphatic rings. The van der Waals surface area contributed by atoms with Crippen LogP contribution < -0.4 is 15.0 Å². The zero-order valence-electron chi connectivity index (χ0n) is 21.9.